The highest BCUT2D eigenvalue weighted by Gasteiger charge is 2.20. The molecule has 5 nitrogen and oxygen atoms in total. The van der Waals surface area contributed by atoms with Crippen LogP contribution in [-0.2, 0) is 14.8 Å². The topological polar surface area (TPSA) is 81.4 Å². The van der Waals surface area contributed by atoms with E-state index in [1.165, 1.54) is 12.1 Å². The van der Waals surface area contributed by atoms with Gasteiger partial charge in [0.2, 0.25) is 10.0 Å². The van der Waals surface area contributed by atoms with E-state index in [4.69, 9.17) is 10.5 Å². The van der Waals surface area contributed by atoms with Crippen LogP contribution in [0.1, 0.15) is 6.42 Å². The van der Waals surface area contributed by atoms with E-state index in [1.54, 1.807) is 0 Å². The molecule has 7 heteroatoms. The van der Waals surface area contributed by atoms with Crippen LogP contribution in [0.2, 0.25) is 0 Å². The number of nitrogens with two attached hydrogens (primary N) is 1. The number of benzene rings is 1. The van der Waals surface area contributed by atoms with Crippen LogP contribution in [0, 0.1) is 11.7 Å². The summed E-state index contributed by atoms with van der Waals surface area (Å²) < 4.78 is 44.6. The van der Waals surface area contributed by atoms with Crippen LogP contribution < -0.4 is 10.5 Å². The predicted octanol–water partition coefficient (Wildman–Crippen LogP) is 0.723. The summed E-state index contributed by atoms with van der Waals surface area (Å²) >= 11 is 0. The maximum atomic E-state index is 13.2. The quantitative estimate of drug-likeness (QED) is 0.793. The molecular formula is C11H15FN2O3S. The van der Waals surface area contributed by atoms with E-state index >= 15 is 0 Å². The van der Waals surface area contributed by atoms with Crippen molar-refractivity contribution in [2.45, 2.75) is 11.3 Å². The maximum Gasteiger partial charge on any atom is 0.240 e. The number of rotatable bonds is 4. The highest BCUT2D eigenvalue weighted by Crippen LogP contribution is 2.17. The lowest BCUT2D eigenvalue weighted by Gasteiger charge is -2.10. The maximum absolute atomic E-state index is 13.2. The summed E-state index contributed by atoms with van der Waals surface area (Å²) in [4.78, 5) is -0.117. The minimum atomic E-state index is -3.69. The predicted molar refractivity (Wildman–Crippen MR) is 64.9 cm³/mol. The van der Waals surface area contributed by atoms with E-state index in [-0.39, 0.29) is 16.5 Å². The fourth-order valence-electron chi connectivity index (χ4n) is 1.73. The molecule has 0 saturated carbocycles. The van der Waals surface area contributed by atoms with Crippen molar-refractivity contribution in [2.24, 2.45) is 5.92 Å². The summed E-state index contributed by atoms with van der Waals surface area (Å²) in [5, 5.41) is 0. The molecular weight excluding hydrogens is 259 g/mol. The van der Waals surface area contributed by atoms with Crippen molar-refractivity contribution in [3.05, 3.63) is 24.0 Å². The molecule has 1 aliphatic heterocycles. The Bertz CT molecular complexity index is 527. The summed E-state index contributed by atoms with van der Waals surface area (Å²) in [5.74, 6) is -0.555. The lowest BCUT2D eigenvalue weighted by molar-refractivity contribution is 0.186. The molecule has 0 bridgehead atoms. The molecule has 100 valence electrons. The zero-order chi connectivity index (χ0) is 13.2. The average Bonchev–Trinajstić information content (AvgIpc) is 2.83. The third-order valence-electron chi connectivity index (χ3n) is 2.87. The Morgan fingerprint density at radius 1 is 1.50 bits per heavy atom. The Balaban J connectivity index is 2.07. The molecule has 2 rings (SSSR count). The SMILES string of the molecule is Nc1ccc(S(=O)(=O)NCC2CCOC2)cc1F. The fourth-order valence-corrected chi connectivity index (χ4v) is 2.86. The van der Waals surface area contributed by atoms with Crippen molar-refractivity contribution >= 4 is 15.7 Å². The zero-order valence-electron chi connectivity index (χ0n) is 9.73. The Hall–Kier alpha value is -1.18. The molecule has 0 aliphatic carbocycles. The second-order valence-corrected chi connectivity index (χ2v) is 6.03. The Morgan fingerprint density at radius 3 is 2.89 bits per heavy atom. The van der Waals surface area contributed by atoms with Gasteiger partial charge in [0, 0.05) is 13.2 Å². The van der Waals surface area contributed by atoms with Crippen molar-refractivity contribution in [1.29, 1.82) is 0 Å². The van der Waals surface area contributed by atoms with E-state index in [9.17, 15) is 12.8 Å². The van der Waals surface area contributed by atoms with Gasteiger partial charge in [-0.3, -0.25) is 0 Å². The van der Waals surface area contributed by atoms with E-state index in [0.717, 1.165) is 12.5 Å². The summed E-state index contributed by atoms with van der Waals surface area (Å²) in [7, 11) is -3.69. The van der Waals surface area contributed by atoms with Gasteiger partial charge < -0.3 is 10.5 Å². The summed E-state index contributed by atoms with van der Waals surface area (Å²) in [6, 6.07) is 3.44. The molecule has 1 atom stereocenters. The lowest BCUT2D eigenvalue weighted by atomic mass is 10.1. The highest BCUT2D eigenvalue weighted by atomic mass is 32.2. The Morgan fingerprint density at radius 2 is 2.28 bits per heavy atom. The minimum Gasteiger partial charge on any atom is -0.396 e. The van der Waals surface area contributed by atoms with Crippen molar-refractivity contribution in [1.82, 2.24) is 4.72 Å². The van der Waals surface area contributed by atoms with Gasteiger partial charge in [0.05, 0.1) is 17.2 Å². The molecule has 3 N–H and O–H groups in total. The van der Waals surface area contributed by atoms with Crippen molar-refractivity contribution in [3.63, 3.8) is 0 Å². The monoisotopic (exact) mass is 274 g/mol. The normalized spacial score (nSPS) is 20.2. The zero-order valence-corrected chi connectivity index (χ0v) is 10.5. The number of anilines is 1. The van der Waals surface area contributed by atoms with Gasteiger partial charge in [-0.1, -0.05) is 0 Å². The standard InChI is InChI=1S/C11H15FN2O3S/c12-10-5-9(1-2-11(10)13)18(15,16)14-6-8-3-4-17-7-8/h1-2,5,8,14H,3-4,6-7,13H2. The number of nitrogen functional groups attached to an aromatic ring is 1. The molecule has 1 fully saturated rings. The van der Waals surface area contributed by atoms with Gasteiger partial charge in [0.25, 0.3) is 0 Å². The van der Waals surface area contributed by atoms with E-state index in [2.05, 4.69) is 4.72 Å². The number of halogens is 1. The molecule has 1 aromatic rings. The highest BCUT2D eigenvalue weighted by molar-refractivity contribution is 7.89. The molecule has 0 spiro atoms. The lowest BCUT2D eigenvalue weighted by Crippen LogP contribution is -2.29. The first-order valence-electron chi connectivity index (χ1n) is 5.61. The summed E-state index contributed by atoms with van der Waals surface area (Å²) in [5.41, 5.74) is 5.23. The molecule has 0 radical (unpaired) electrons. The second-order valence-electron chi connectivity index (χ2n) is 4.26. The first-order chi connectivity index (χ1) is 8.49. The third kappa shape index (κ3) is 2.98. The largest absolute Gasteiger partial charge is 0.396 e. The van der Waals surface area contributed by atoms with Gasteiger partial charge in [-0.25, -0.2) is 17.5 Å². The van der Waals surface area contributed by atoms with Crippen molar-refractivity contribution < 1.29 is 17.5 Å². The van der Waals surface area contributed by atoms with Crippen LogP contribution >= 0.6 is 0 Å². The molecule has 1 unspecified atom stereocenters. The number of sulfonamides is 1. The van der Waals surface area contributed by atoms with Gasteiger partial charge >= 0.3 is 0 Å². The van der Waals surface area contributed by atoms with Gasteiger partial charge in [0.15, 0.2) is 0 Å². The van der Waals surface area contributed by atoms with Gasteiger partial charge in [0.1, 0.15) is 5.82 Å². The number of ether oxygens (including phenoxy) is 1. The molecule has 1 aliphatic rings. The van der Waals surface area contributed by atoms with Crippen LogP contribution in [-0.4, -0.2) is 28.2 Å². The van der Waals surface area contributed by atoms with E-state index in [0.29, 0.717) is 19.8 Å². The third-order valence-corrected chi connectivity index (χ3v) is 4.29. The van der Waals surface area contributed by atoms with E-state index in [1.807, 2.05) is 0 Å². The second kappa shape index (κ2) is 5.21. The van der Waals surface area contributed by atoms with Gasteiger partial charge in [-0.05, 0) is 30.5 Å². The molecule has 1 aromatic carbocycles. The number of nitrogens with one attached hydrogen (secondary N) is 1. The fraction of sp³-hybridized carbons (Fsp3) is 0.455. The Kier molecular flexibility index (Phi) is 3.84. The minimum absolute atomic E-state index is 0.0712. The number of hydrogen-bond donors (Lipinski definition) is 2. The molecule has 1 heterocycles. The van der Waals surface area contributed by atoms with Crippen LogP contribution in [0.4, 0.5) is 10.1 Å². The van der Waals surface area contributed by atoms with Crippen LogP contribution in [0.3, 0.4) is 0 Å². The average molecular weight is 274 g/mol. The van der Waals surface area contributed by atoms with Gasteiger partial charge in [-0.15, -0.1) is 0 Å². The first-order valence-corrected chi connectivity index (χ1v) is 7.10. The van der Waals surface area contributed by atoms with Crippen LogP contribution in [0.25, 0.3) is 0 Å². The smallest absolute Gasteiger partial charge is 0.240 e. The molecule has 18 heavy (non-hydrogen) atoms. The molecule has 1 saturated heterocycles. The van der Waals surface area contributed by atoms with Crippen molar-refractivity contribution in [3.8, 4) is 0 Å². The van der Waals surface area contributed by atoms with E-state index < -0.39 is 15.8 Å². The Labute approximate surface area is 105 Å². The van der Waals surface area contributed by atoms with Gasteiger partial charge in [-0.2, -0.15) is 0 Å². The summed E-state index contributed by atoms with van der Waals surface area (Å²) in [6.45, 7) is 1.51. The molecule has 0 aromatic heterocycles. The van der Waals surface area contributed by atoms with Crippen molar-refractivity contribution in [2.75, 3.05) is 25.5 Å². The molecule has 0 amide bonds. The van der Waals surface area contributed by atoms with Crippen LogP contribution in [0.5, 0.6) is 0 Å². The van der Waals surface area contributed by atoms with Crippen LogP contribution in [0.15, 0.2) is 23.1 Å². The number of hydrogen-bond acceptors (Lipinski definition) is 4. The first kappa shape index (κ1) is 13.3. The summed E-state index contributed by atoms with van der Waals surface area (Å²) in [6.07, 6.45) is 0.832.